The van der Waals surface area contributed by atoms with Gasteiger partial charge >= 0.3 is 6.03 Å². The van der Waals surface area contributed by atoms with Gasteiger partial charge in [-0.15, -0.1) is 0 Å². The zero-order chi connectivity index (χ0) is 17.4. The molecular weight excluding hydrogens is 302 g/mol. The summed E-state index contributed by atoms with van der Waals surface area (Å²) in [4.78, 5) is 16.8. The zero-order valence-corrected chi connectivity index (χ0v) is 15.2. The van der Waals surface area contributed by atoms with Crippen molar-refractivity contribution in [3.8, 4) is 0 Å². The van der Waals surface area contributed by atoms with Gasteiger partial charge in [0, 0.05) is 39.4 Å². The van der Waals surface area contributed by atoms with Crippen LogP contribution in [-0.2, 0) is 4.74 Å². The van der Waals surface area contributed by atoms with Crippen LogP contribution in [0.2, 0.25) is 0 Å². The van der Waals surface area contributed by atoms with Crippen LogP contribution >= 0.6 is 0 Å². The van der Waals surface area contributed by atoms with E-state index in [1.807, 2.05) is 23.1 Å². The molecule has 2 amide bonds. The Morgan fingerprint density at radius 3 is 2.75 bits per heavy atom. The van der Waals surface area contributed by atoms with Crippen molar-refractivity contribution in [2.45, 2.75) is 26.3 Å². The second-order valence-corrected chi connectivity index (χ2v) is 6.94. The van der Waals surface area contributed by atoms with Crippen LogP contribution in [0.25, 0.3) is 0 Å². The minimum atomic E-state index is 0.0285. The van der Waals surface area contributed by atoms with Gasteiger partial charge in [-0.1, -0.05) is 44.2 Å². The van der Waals surface area contributed by atoms with Gasteiger partial charge in [-0.25, -0.2) is 4.79 Å². The average molecular weight is 333 g/mol. The summed E-state index contributed by atoms with van der Waals surface area (Å²) in [6.07, 6.45) is 0.849. The number of likely N-dealkylation sites (N-methyl/N-ethyl adjacent to an activating group) is 1. The van der Waals surface area contributed by atoms with Crippen LogP contribution in [0, 0.1) is 5.92 Å². The summed E-state index contributed by atoms with van der Waals surface area (Å²) in [5, 5.41) is 3.04. The van der Waals surface area contributed by atoms with E-state index in [2.05, 4.69) is 43.2 Å². The highest BCUT2D eigenvalue weighted by Gasteiger charge is 2.29. The van der Waals surface area contributed by atoms with Gasteiger partial charge in [-0.3, -0.25) is 0 Å². The van der Waals surface area contributed by atoms with Gasteiger partial charge in [0.05, 0.1) is 6.04 Å². The number of benzene rings is 1. The van der Waals surface area contributed by atoms with Crippen LogP contribution in [0.15, 0.2) is 30.3 Å². The lowest BCUT2D eigenvalue weighted by atomic mass is 10.0. The third-order valence-corrected chi connectivity index (χ3v) is 4.22. The molecule has 1 unspecified atom stereocenters. The Labute approximate surface area is 146 Å². The highest BCUT2D eigenvalue weighted by atomic mass is 16.5. The molecule has 2 rings (SSSR count). The summed E-state index contributed by atoms with van der Waals surface area (Å²) in [7, 11) is 2.11. The summed E-state index contributed by atoms with van der Waals surface area (Å²) < 4.78 is 5.56. The van der Waals surface area contributed by atoms with E-state index in [-0.39, 0.29) is 12.1 Å². The SMILES string of the molecule is CC(C)COCCCNC(=O)N1CCN(C)CC1c1ccccc1. The third-order valence-electron chi connectivity index (χ3n) is 4.22. The van der Waals surface area contributed by atoms with E-state index in [0.29, 0.717) is 19.1 Å². The van der Waals surface area contributed by atoms with Gasteiger partial charge in [0.15, 0.2) is 0 Å². The van der Waals surface area contributed by atoms with E-state index in [9.17, 15) is 4.79 Å². The van der Waals surface area contributed by atoms with Crippen molar-refractivity contribution in [1.29, 1.82) is 0 Å². The van der Waals surface area contributed by atoms with Gasteiger partial charge in [-0.2, -0.15) is 0 Å². The number of piperazine rings is 1. The van der Waals surface area contributed by atoms with E-state index in [1.54, 1.807) is 0 Å². The number of ether oxygens (including phenoxy) is 1. The van der Waals surface area contributed by atoms with Crippen molar-refractivity contribution in [3.63, 3.8) is 0 Å². The molecule has 5 nitrogen and oxygen atoms in total. The molecule has 0 saturated carbocycles. The number of hydrogen-bond acceptors (Lipinski definition) is 3. The minimum Gasteiger partial charge on any atom is -0.381 e. The second kappa shape index (κ2) is 9.64. The number of nitrogens with one attached hydrogen (secondary N) is 1. The molecule has 0 aliphatic carbocycles. The van der Waals surface area contributed by atoms with Crippen molar-refractivity contribution < 1.29 is 9.53 Å². The quantitative estimate of drug-likeness (QED) is 0.781. The Bertz CT molecular complexity index is 493. The Balaban J connectivity index is 1.82. The number of hydrogen-bond donors (Lipinski definition) is 1. The fourth-order valence-electron chi connectivity index (χ4n) is 2.91. The summed E-state index contributed by atoms with van der Waals surface area (Å²) in [5.41, 5.74) is 1.19. The molecular formula is C19H31N3O2. The molecule has 5 heteroatoms. The van der Waals surface area contributed by atoms with Crippen molar-refractivity contribution in [3.05, 3.63) is 35.9 Å². The first kappa shape index (κ1) is 18.7. The maximum absolute atomic E-state index is 12.6. The highest BCUT2D eigenvalue weighted by molar-refractivity contribution is 5.75. The van der Waals surface area contributed by atoms with Gasteiger partial charge < -0.3 is 19.9 Å². The monoisotopic (exact) mass is 333 g/mol. The van der Waals surface area contributed by atoms with Crippen molar-refractivity contribution in [1.82, 2.24) is 15.1 Å². The molecule has 1 aromatic carbocycles. The highest BCUT2D eigenvalue weighted by Crippen LogP contribution is 2.24. The average Bonchev–Trinajstić information content (AvgIpc) is 2.58. The molecule has 1 fully saturated rings. The number of urea groups is 1. The molecule has 0 bridgehead atoms. The molecule has 0 radical (unpaired) electrons. The first-order valence-electron chi connectivity index (χ1n) is 8.93. The topological polar surface area (TPSA) is 44.8 Å². The maximum atomic E-state index is 12.6. The molecule has 1 saturated heterocycles. The number of carbonyl (C=O) groups is 1. The predicted octanol–water partition coefficient (Wildman–Crippen LogP) is 2.75. The van der Waals surface area contributed by atoms with Crippen LogP contribution in [0.1, 0.15) is 31.9 Å². The van der Waals surface area contributed by atoms with E-state index >= 15 is 0 Å². The Morgan fingerprint density at radius 2 is 2.04 bits per heavy atom. The van der Waals surface area contributed by atoms with E-state index in [4.69, 9.17) is 4.74 Å². The molecule has 1 aliphatic rings. The molecule has 0 aromatic heterocycles. The van der Waals surface area contributed by atoms with E-state index in [0.717, 1.165) is 32.7 Å². The van der Waals surface area contributed by atoms with Crippen molar-refractivity contribution in [2.24, 2.45) is 5.92 Å². The molecule has 1 aromatic rings. The molecule has 1 heterocycles. The summed E-state index contributed by atoms with van der Waals surface area (Å²) in [6.45, 7) is 8.95. The Kier molecular flexibility index (Phi) is 7.53. The number of nitrogens with zero attached hydrogens (tertiary/aromatic N) is 2. The molecule has 134 valence electrons. The van der Waals surface area contributed by atoms with Crippen LogP contribution < -0.4 is 5.32 Å². The molecule has 1 aliphatic heterocycles. The fourth-order valence-corrected chi connectivity index (χ4v) is 2.91. The third kappa shape index (κ3) is 5.80. The summed E-state index contributed by atoms with van der Waals surface area (Å²) in [5.74, 6) is 0.552. The van der Waals surface area contributed by atoms with Gasteiger partial charge in [0.25, 0.3) is 0 Å². The van der Waals surface area contributed by atoms with Gasteiger partial charge in [-0.05, 0) is 24.9 Å². The van der Waals surface area contributed by atoms with Crippen LogP contribution in [0.5, 0.6) is 0 Å². The predicted molar refractivity (Wildman–Crippen MR) is 97.1 cm³/mol. The zero-order valence-electron chi connectivity index (χ0n) is 15.2. The van der Waals surface area contributed by atoms with Crippen molar-refractivity contribution in [2.75, 3.05) is 46.4 Å². The van der Waals surface area contributed by atoms with Crippen LogP contribution in [-0.4, -0.2) is 62.3 Å². The van der Waals surface area contributed by atoms with Gasteiger partial charge in [0.1, 0.15) is 0 Å². The minimum absolute atomic E-state index is 0.0285. The fraction of sp³-hybridized carbons (Fsp3) is 0.632. The Hall–Kier alpha value is -1.59. The summed E-state index contributed by atoms with van der Waals surface area (Å²) >= 11 is 0. The second-order valence-electron chi connectivity index (χ2n) is 6.94. The molecule has 0 spiro atoms. The lowest BCUT2D eigenvalue weighted by molar-refractivity contribution is 0.101. The lowest BCUT2D eigenvalue weighted by Crippen LogP contribution is -2.52. The molecule has 1 N–H and O–H groups in total. The number of amides is 2. The molecule has 24 heavy (non-hydrogen) atoms. The standard InChI is InChI=1S/C19H31N3O2/c1-16(2)15-24-13-7-10-20-19(23)22-12-11-21(3)14-18(22)17-8-5-4-6-9-17/h4-6,8-9,16,18H,7,10-15H2,1-3H3,(H,20,23). The Morgan fingerprint density at radius 1 is 1.29 bits per heavy atom. The first-order chi connectivity index (χ1) is 11.6. The van der Waals surface area contributed by atoms with Crippen LogP contribution in [0.4, 0.5) is 4.79 Å². The smallest absolute Gasteiger partial charge is 0.318 e. The number of carbonyl (C=O) groups excluding carboxylic acids is 1. The normalized spacial score (nSPS) is 18.8. The lowest BCUT2D eigenvalue weighted by Gasteiger charge is -2.40. The first-order valence-corrected chi connectivity index (χ1v) is 8.93. The van der Waals surface area contributed by atoms with Crippen LogP contribution in [0.3, 0.4) is 0 Å². The van der Waals surface area contributed by atoms with Crippen molar-refractivity contribution >= 4 is 6.03 Å². The van der Waals surface area contributed by atoms with E-state index < -0.39 is 0 Å². The largest absolute Gasteiger partial charge is 0.381 e. The maximum Gasteiger partial charge on any atom is 0.318 e. The number of rotatable bonds is 7. The summed E-state index contributed by atoms with van der Waals surface area (Å²) in [6, 6.07) is 10.4. The van der Waals surface area contributed by atoms with Gasteiger partial charge in [0.2, 0.25) is 0 Å². The van der Waals surface area contributed by atoms with E-state index in [1.165, 1.54) is 5.56 Å². The molecule has 1 atom stereocenters.